The molecule has 104 valence electrons. The Morgan fingerprint density at radius 2 is 1.95 bits per heavy atom. The highest BCUT2D eigenvalue weighted by Crippen LogP contribution is 2.70. The molecule has 2 unspecified atom stereocenters. The summed E-state index contributed by atoms with van der Waals surface area (Å²) in [4.78, 5) is 4.65. The highest BCUT2D eigenvalue weighted by molar-refractivity contribution is 5.30. The molecule has 1 heterocycles. The van der Waals surface area contributed by atoms with Crippen molar-refractivity contribution in [3.63, 3.8) is 0 Å². The molecule has 1 fully saturated rings. The molecule has 1 saturated carbocycles. The monoisotopic (exact) mass is 258 g/mol. The van der Waals surface area contributed by atoms with Gasteiger partial charge in [0.05, 0.1) is 0 Å². The van der Waals surface area contributed by atoms with Crippen molar-refractivity contribution in [2.45, 2.75) is 58.9 Å². The van der Waals surface area contributed by atoms with Crippen molar-refractivity contribution in [1.29, 1.82) is 0 Å². The highest BCUT2D eigenvalue weighted by Gasteiger charge is 2.67. The van der Waals surface area contributed by atoms with Gasteiger partial charge >= 0.3 is 0 Å². The molecule has 0 saturated heterocycles. The Morgan fingerprint density at radius 1 is 1.26 bits per heavy atom. The van der Waals surface area contributed by atoms with Gasteiger partial charge in [0.1, 0.15) is 0 Å². The molecule has 2 atom stereocenters. The van der Waals surface area contributed by atoms with Crippen molar-refractivity contribution in [3.05, 3.63) is 29.6 Å². The molecule has 19 heavy (non-hydrogen) atoms. The molecule has 2 aliphatic carbocycles. The number of pyridine rings is 1. The normalized spacial score (nSPS) is 29.6. The Hall–Kier alpha value is -0.890. The fourth-order valence-electron chi connectivity index (χ4n) is 4.46. The maximum absolute atomic E-state index is 6.68. The molecule has 1 aromatic heterocycles. The molecule has 2 N–H and O–H groups in total. The van der Waals surface area contributed by atoms with Crippen LogP contribution in [0, 0.1) is 16.7 Å². The van der Waals surface area contributed by atoms with E-state index in [1.807, 2.05) is 6.20 Å². The predicted molar refractivity (Wildman–Crippen MR) is 78.9 cm³/mol. The number of aromatic nitrogens is 1. The first kappa shape index (κ1) is 13.1. The minimum atomic E-state index is 0.249. The van der Waals surface area contributed by atoms with E-state index in [9.17, 15) is 0 Å². The standard InChI is InChI=1S/C17H26N2/c1-16(2)15(17(16,3)4)13(18)12-9-5-7-11-8-6-10-19-14(11)12/h6,8,10,12-13,15H,5,7,9,18H2,1-4H3. The van der Waals surface area contributed by atoms with Gasteiger partial charge in [0.2, 0.25) is 0 Å². The first-order valence-corrected chi connectivity index (χ1v) is 7.56. The van der Waals surface area contributed by atoms with E-state index in [0.717, 1.165) is 0 Å². The van der Waals surface area contributed by atoms with Crippen molar-refractivity contribution in [3.8, 4) is 0 Å². The second-order valence-corrected chi connectivity index (χ2v) is 7.54. The number of aryl methyl sites for hydroxylation is 1. The largest absolute Gasteiger partial charge is 0.327 e. The van der Waals surface area contributed by atoms with Crippen LogP contribution < -0.4 is 5.73 Å². The third-order valence-electron chi connectivity index (χ3n) is 6.22. The first-order valence-electron chi connectivity index (χ1n) is 7.56. The average Bonchev–Trinajstić information content (AvgIpc) is 2.78. The van der Waals surface area contributed by atoms with E-state index in [1.54, 1.807) is 0 Å². The van der Waals surface area contributed by atoms with Gasteiger partial charge in [-0.15, -0.1) is 0 Å². The SMILES string of the molecule is CC1(C)C(C(N)C2CCCc3cccnc32)C1(C)C. The summed E-state index contributed by atoms with van der Waals surface area (Å²) in [5, 5.41) is 0. The van der Waals surface area contributed by atoms with E-state index in [2.05, 4.69) is 44.8 Å². The van der Waals surface area contributed by atoms with Crippen LogP contribution in [-0.2, 0) is 6.42 Å². The Labute approximate surface area is 116 Å². The van der Waals surface area contributed by atoms with Gasteiger partial charge in [0, 0.05) is 23.9 Å². The van der Waals surface area contributed by atoms with Crippen molar-refractivity contribution in [2.24, 2.45) is 22.5 Å². The van der Waals surface area contributed by atoms with Crippen LogP contribution >= 0.6 is 0 Å². The predicted octanol–water partition coefficient (Wildman–Crippen LogP) is 3.51. The van der Waals surface area contributed by atoms with Crippen LogP contribution in [0.25, 0.3) is 0 Å². The van der Waals surface area contributed by atoms with Crippen molar-refractivity contribution >= 4 is 0 Å². The number of nitrogens with two attached hydrogens (primary N) is 1. The maximum atomic E-state index is 6.68. The minimum absolute atomic E-state index is 0.249. The fraction of sp³-hybridized carbons (Fsp3) is 0.706. The van der Waals surface area contributed by atoms with Crippen LogP contribution in [0.2, 0.25) is 0 Å². The average molecular weight is 258 g/mol. The Morgan fingerprint density at radius 3 is 2.58 bits per heavy atom. The first-order chi connectivity index (χ1) is 8.87. The molecular weight excluding hydrogens is 232 g/mol. The second-order valence-electron chi connectivity index (χ2n) is 7.54. The van der Waals surface area contributed by atoms with Crippen LogP contribution in [0.1, 0.15) is 57.7 Å². The molecule has 2 heteroatoms. The quantitative estimate of drug-likeness (QED) is 0.881. The summed E-state index contributed by atoms with van der Waals surface area (Å²) in [6.07, 6.45) is 5.55. The summed E-state index contributed by atoms with van der Waals surface area (Å²) in [6, 6.07) is 4.53. The molecule has 0 radical (unpaired) electrons. The summed E-state index contributed by atoms with van der Waals surface area (Å²) in [5.41, 5.74) is 10.1. The summed E-state index contributed by atoms with van der Waals surface area (Å²) in [6.45, 7) is 9.44. The minimum Gasteiger partial charge on any atom is -0.327 e. The van der Waals surface area contributed by atoms with Crippen LogP contribution in [-0.4, -0.2) is 11.0 Å². The Balaban J connectivity index is 1.89. The summed E-state index contributed by atoms with van der Waals surface area (Å²) in [7, 11) is 0. The summed E-state index contributed by atoms with van der Waals surface area (Å²) >= 11 is 0. The van der Waals surface area contributed by atoms with Gasteiger partial charge in [0.25, 0.3) is 0 Å². The van der Waals surface area contributed by atoms with E-state index >= 15 is 0 Å². The van der Waals surface area contributed by atoms with Gasteiger partial charge in [-0.1, -0.05) is 33.8 Å². The third kappa shape index (κ3) is 1.76. The fourth-order valence-corrected chi connectivity index (χ4v) is 4.46. The Kier molecular flexibility index (Phi) is 2.79. The molecule has 3 rings (SSSR count). The molecule has 1 aromatic rings. The van der Waals surface area contributed by atoms with E-state index < -0.39 is 0 Å². The van der Waals surface area contributed by atoms with Gasteiger partial charge in [0.15, 0.2) is 0 Å². The van der Waals surface area contributed by atoms with Crippen molar-refractivity contribution < 1.29 is 0 Å². The molecule has 2 nitrogen and oxygen atoms in total. The van der Waals surface area contributed by atoms with Crippen LogP contribution in [0.15, 0.2) is 18.3 Å². The smallest absolute Gasteiger partial charge is 0.0482 e. The zero-order valence-electron chi connectivity index (χ0n) is 12.6. The molecular formula is C17H26N2. The van der Waals surface area contributed by atoms with Gasteiger partial charge in [-0.2, -0.15) is 0 Å². The zero-order valence-corrected chi connectivity index (χ0v) is 12.6. The van der Waals surface area contributed by atoms with Crippen LogP contribution in [0.3, 0.4) is 0 Å². The van der Waals surface area contributed by atoms with E-state index in [0.29, 0.717) is 22.7 Å². The van der Waals surface area contributed by atoms with Crippen molar-refractivity contribution in [2.75, 3.05) is 0 Å². The van der Waals surface area contributed by atoms with E-state index in [-0.39, 0.29) is 6.04 Å². The molecule has 0 aromatic carbocycles. The summed E-state index contributed by atoms with van der Waals surface area (Å²) < 4.78 is 0. The van der Waals surface area contributed by atoms with Gasteiger partial charge in [-0.25, -0.2) is 0 Å². The van der Waals surface area contributed by atoms with Gasteiger partial charge in [-0.05, 0) is 47.6 Å². The number of hydrogen-bond acceptors (Lipinski definition) is 2. The molecule has 0 spiro atoms. The lowest BCUT2D eigenvalue weighted by atomic mass is 9.79. The Bertz CT molecular complexity index is 476. The van der Waals surface area contributed by atoms with Gasteiger partial charge in [-0.3, -0.25) is 4.98 Å². The van der Waals surface area contributed by atoms with E-state index in [1.165, 1.54) is 30.5 Å². The highest BCUT2D eigenvalue weighted by atomic mass is 14.8. The molecule has 0 amide bonds. The van der Waals surface area contributed by atoms with E-state index in [4.69, 9.17) is 5.73 Å². The molecule has 0 bridgehead atoms. The molecule has 0 aliphatic heterocycles. The topological polar surface area (TPSA) is 38.9 Å². The summed E-state index contributed by atoms with van der Waals surface area (Å²) in [5.74, 6) is 1.06. The lowest BCUT2D eigenvalue weighted by Gasteiger charge is -2.30. The third-order valence-corrected chi connectivity index (χ3v) is 6.22. The number of rotatable bonds is 2. The number of fused-ring (bicyclic) bond motifs is 1. The number of hydrogen-bond donors (Lipinski definition) is 1. The lowest BCUT2D eigenvalue weighted by molar-refractivity contribution is 0.373. The van der Waals surface area contributed by atoms with Crippen LogP contribution in [0.4, 0.5) is 0 Å². The second kappa shape index (κ2) is 4.05. The lowest BCUT2D eigenvalue weighted by Crippen LogP contribution is -2.35. The van der Waals surface area contributed by atoms with Crippen molar-refractivity contribution in [1.82, 2.24) is 4.98 Å². The van der Waals surface area contributed by atoms with Crippen LogP contribution in [0.5, 0.6) is 0 Å². The number of nitrogens with zero attached hydrogens (tertiary/aromatic N) is 1. The molecule has 2 aliphatic rings. The maximum Gasteiger partial charge on any atom is 0.0482 e. The zero-order chi connectivity index (χ0) is 13.8. The van der Waals surface area contributed by atoms with Gasteiger partial charge < -0.3 is 5.73 Å².